The largest absolute Gasteiger partial charge is 0.352 e. The van der Waals surface area contributed by atoms with Gasteiger partial charge in [0.05, 0.1) is 11.6 Å². The van der Waals surface area contributed by atoms with Gasteiger partial charge in [0.2, 0.25) is 5.91 Å². The molecule has 3 atom stereocenters. The minimum absolute atomic E-state index is 0.0642. The molecule has 184 valence electrons. The quantitative estimate of drug-likeness (QED) is 0.591. The Labute approximate surface area is 206 Å². The molecule has 7 heteroatoms. The molecule has 2 aliphatic heterocycles. The lowest BCUT2D eigenvalue weighted by Crippen LogP contribution is -2.49. The summed E-state index contributed by atoms with van der Waals surface area (Å²) in [6, 6.07) is 15.9. The molecule has 0 saturated carbocycles. The van der Waals surface area contributed by atoms with Crippen molar-refractivity contribution >= 4 is 5.91 Å². The number of benzene rings is 1. The van der Waals surface area contributed by atoms with Crippen molar-refractivity contribution in [2.75, 3.05) is 33.2 Å². The second-order valence-corrected chi connectivity index (χ2v) is 10.1. The topological polar surface area (TPSA) is 53.4 Å². The highest BCUT2D eigenvalue weighted by Crippen LogP contribution is 2.35. The lowest BCUT2D eigenvalue weighted by atomic mass is 9.80. The first kappa shape index (κ1) is 23.7. The first-order chi connectivity index (χ1) is 17.0. The van der Waals surface area contributed by atoms with Gasteiger partial charge in [0.1, 0.15) is 5.69 Å². The fourth-order valence-corrected chi connectivity index (χ4v) is 5.58. The van der Waals surface area contributed by atoms with Crippen molar-refractivity contribution in [2.45, 2.75) is 31.3 Å². The monoisotopic (exact) mass is 475 g/mol. The molecule has 2 aromatic heterocycles. The molecule has 2 aliphatic rings. The number of pyridine rings is 1. The van der Waals surface area contributed by atoms with Crippen LogP contribution in [0.15, 0.2) is 60.9 Å². The number of carbonyl (C=O) groups is 1. The zero-order chi connectivity index (χ0) is 24.4. The lowest BCUT2D eigenvalue weighted by molar-refractivity contribution is -0.128. The van der Waals surface area contributed by atoms with E-state index in [-0.39, 0.29) is 29.6 Å². The summed E-state index contributed by atoms with van der Waals surface area (Å²) in [5.74, 6) is -0.585. The summed E-state index contributed by atoms with van der Waals surface area (Å²) in [7, 11) is 3.97. The molecular weight excluding hydrogens is 441 g/mol. The molecule has 3 aromatic rings. The molecule has 1 amide bonds. The zero-order valence-corrected chi connectivity index (χ0v) is 20.5. The van der Waals surface area contributed by atoms with E-state index < -0.39 is 0 Å². The molecular formula is C28H34FN5O. The van der Waals surface area contributed by atoms with E-state index in [1.54, 1.807) is 12.3 Å². The Kier molecular flexibility index (Phi) is 6.97. The summed E-state index contributed by atoms with van der Waals surface area (Å²) in [6.07, 6.45) is 5.41. The van der Waals surface area contributed by atoms with Gasteiger partial charge in [-0.15, -0.1) is 0 Å². The van der Waals surface area contributed by atoms with Crippen LogP contribution in [0.5, 0.6) is 0 Å². The number of hydrogen-bond donors (Lipinski definition) is 1. The van der Waals surface area contributed by atoms with Crippen molar-refractivity contribution in [1.82, 2.24) is 24.7 Å². The number of piperidine rings is 1. The molecule has 5 rings (SSSR count). The molecule has 6 nitrogen and oxygen atoms in total. The normalized spacial score (nSPS) is 23.5. The Morgan fingerprint density at radius 1 is 1.09 bits per heavy atom. The van der Waals surface area contributed by atoms with Gasteiger partial charge in [-0.2, -0.15) is 0 Å². The third kappa shape index (κ3) is 5.31. The van der Waals surface area contributed by atoms with Crippen LogP contribution in [0.3, 0.4) is 0 Å². The van der Waals surface area contributed by atoms with Gasteiger partial charge in [0.15, 0.2) is 5.82 Å². The summed E-state index contributed by atoms with van der Waals surface area (Å²) < 4.78 is 17.1. The number of halogens is 1. The minimum Gasteiger partial charge on any atom is -0.352 e. The van der Waals surface area contributed by atoms with E-state index in [4.69, 9.17) is 0 Å². The average molecular weight is 476 g/mol. The second-order valence-electron chi connectivity index (χ2n) is 10.1. The van der Waals surface area contributed by atoms with Crippen LogP contribution in [0.2, 0.25) is 0 Å². The maximum atomic E-state index is 15.2. The smallest absolute Gasteiger partial charge is 0.225 e. The van der Waals surface area contributed by atoms with Gasteiger partial charge in [-0.3, -0.25) is 14.7 Å². The number of likely N-dealkylation sites (tertiary alicyclic amines) is 2. The Morgan fingerprint density at radius 3 is 2.60 bits per heavy atom. The second kappa shape index (κ2) is 10.3. The molecule has 2 unspecified atom stereocenters. The van der Waals surface area contributed by atoms with Crippen LogP contribution in [0.25, 0.3) is 11.4 Å². The Morgan fingerprint density at radius 2 is 1.91 bits per heavy atom. The number of rotatable bonds is 6. The van der Waals surface area contributed by atoms with E-state index >= 15 is 4.39 Å². The van der Waals surface area contributed by atoms with Crippen molar-refractivity contribution in [1.29, 1.82) is 0 Å². The van der Waals surface area contributed by atoms with Gasteiger partial charge in [-0.1, -0.05) is 30.3 Å². The number of aryl methyl sites for hydroxylation is 1. The van der Waals surface area contributed by atoms with Gasteiger partial charge in [0, 0.05) is 45.1 Å². The van der Waals surface area contributed by atoms with Crippen molar-refractivity contribution < 1.29 is 9.18 Å². The first-order valence-corrected chi connectivity index (χ1v) is 12.5. The summed E-state index contributed by atoms with van der Waals surface area (Å²) in [5.41, 5.74) is 3.13. The van der Waals surface area contributed by atoms with Crippen LogP contribution in [0, 0.1) is 11.7 Å². The highest BCUT2D eigenvalue weighted by molar-refractivity contribution is 5.80. The van der Waals surface area contributed by atoms with E-state index in [0.29, 0.717) is 12.2 Å². The van der Waals surface area contributed by atoms with Crippen LogP contribution < -0.4 is 5.32 Å². The van der Waals surface area contributed by atoms with Crippen LogP contribution in [0.1, 0.15) is 29.9 Å². The van der Waals surface area contributed by atoms with Crippen molar-refractivity contribution in [3.05, 3.63) is 77.9 Å². The van der Waals surface area contributed by atoms with E-state index in [2.05, 4.69) is 39.3 Å². The highest BCUT2D eigenvalue weighted by Gasteiger charge is 2.37. The van der Waals surface area contributed by atoms with Crippen molar-refractivity contribution in [2.24, 2.45) is 13.0 Å². The fourth-order valence-electron chi connectivity index (χ4n) is 5.58. The minimum atomic E-state index is -0.340. The standard InChI is InChI=1S/C28H34FN5O/c1-32-13-10-22(18-32)31-28(35)24-19-34(17-20-7-4-3-5-8-20)14-11-23(24)21-15-25(29)27(30-16-21)26-9-6-12-33(26)2/h3-9,12,15-16,22-24H,10-11,13-14,17-19H2,1-2H3,(H,31,35)/t22-,23?,24?/m0/s1. The molecule has 0 aliphatic carbocycles. The molecule has 4 heterocycles. The third-order valence-corrected chi connectivity index (χ3v) is 7.50. The van der Waals surface area contributed by atoms with Gasteiger partial charge >= 0.3 is 0 Å². The number of nitrogens with one attached hydrogen (secondary N) is 1. The van der Waals surface area contributed by atoms with Crippen LogP contribution in [-0.4, -0.2) is 64.5 Å². The zero-order valence-electron chi connectivity index (χ0n) is 20.5. The van der Waals surface area contributed by atoms with Crippen LogP contribution >= 0.6 is 0 Å². The Hall–Kier alpha value is -3.03. The molecule has 2 fully saturated rings. The number of nitrogens with zero attached hydrogens (tertiary/aromatic N) is 4. The summed E-state index contributed by atoms with van der Waals surface area (Å²) in [6.45, 7) is 4.18. The summed E-state index contributed by atoms with van der Waals surface area (Å²) >= 11 is 0. The first-order valence-electron chi connectivity index (χ1n) is 12.5. The number of aromatic nitrogens is 2. The van der Waals surface area contributed by atoms with E-state index in [1.807, 2.05) is 48.1 Å². The molecule has 0 spiro atoms. The van der Waals surface area contributed by atoms with Crippen molar-refractivity contribution in [3.8, 4) is 11.4 Å². The van der Waals surface area contributed by atoms with E-state index in [0.717, 1.165) is 50.3 Å². The maximum Gasteiger partial charge on any atom is 0.225 e. The van der Waals surface area contributed by atoms with Gasteiger partial charge in [0.25, 0.3) is 0 Å². The predicted octanol–water partition coefficient (Wildman–Crippen LogP) is 3.65. The number of likely N-dealkylation sites (N-methyl/N-ethyl adjacent to an activating group) is 1. The van der Waals surface area contributed by atoms with Gasteiger partial charge in [-0.05, 0) is 68.2 Å². The highest BCUT2D eigenvalue weighted by atomic mass is 19.1. The molecule has 2 saturated heterocycles. The molecule has 0 bridgehead atoms. The number of carbonyl (C=O) groups excluding carboxylic acids is 1. The SMILES string of the molecule is CN1CC[C@H](NC(=O)C2CN(Cc3ccccc3)CCC2c2cnc(-c3cccn3C)c(F)c2)C1. The fraction of sp³-hybridized carbons (Fsp3) is 0.429. The average Bonchev–Trinajstić information content (AvgIpc) is 3.47. The molecule has 35 heavy (non-hydrogen) atoms. The van der Waals surface area contributed by atoms with Gasteiger partial charge in [-0.25, -0.2) is 4.39 Å². The van der Waals surface area contributed by atoms with E-state index in [1.165, 1.54) is 5.56 Å². The third-order valence-electron chi connectivity index (χ3n) is 7.50. The van der Waals surface area contributed by atoms with Crippen LogP contribution in [0.4, 0.5) is 4.39 Å². The van der Waals surface area contributed by atoms with E-state index in [9.17, 15) is 4.79 Å². The predicted molar refractivity (Wildman–Crippen MR) is 135 cm³/mol. The molecule has 0 radical (unpaired) electrons. The Bertz CT molecular complexity index is 1160. The summed E-state index contributed by atoms with van der Waals surface area (Å²) in [4.78, 5) is 22.6. The lowest BCUT2D eigenvalue weighted by Gasteiger charge is -2.38. The number of hydrogen-bond acceptors (Lipinski definition) is 4. The maximum absolute atomic E-state index is 15.2. The van der Waals surface area contributed by atoms with Crippen molar-refractivity contribution in [3.63, 3.8) is 0 Å². The molecule has 1 aromatic carbocycles. The molecule has 1 N–H and O–H groups in total. The summed E-state index contributed by atoms with van der Waals surface area (Å²) in [5, 5.41) is 3.29. The Balaban J connectivity index is 1.38. The van der Waals surface area contributed by atoms with Gasteiger partial charge < -0.3 is 14.8 Å². The van der Waals surface area contributed by atoms with Crippen LogP contribution in [-0.2, 0) is 18.4 Å². The number of amides is 1.